The fourth-order valence-corrected chi connectivity index (χ4v) is 6.95. The summed E-state index contributed by atoms with van der Waals surface area (Å²) in [6.07, 6.45) is 1.12. The first-order valence-electron chi connectivity index (χ1n) is 5.48. The van der Waals surface area contributed by atoms with E-state index in [1.165, 1.54) is 0 Å². The van der Waals surface area contributed by atoms with Gasteiger partial charge in [0.1, 0.15) is 0 Å². The lowest BCUT2D eigenvalue weighted by Gasteiger charge is -2.25. The number of carbonyl (C=O) groups excluding carboxylic acids is 2. The summed E-state index contributed by atoms with van der Waals surface area (Å²) in [6.45, 7) is 0. The molecule has 4 fully saturated rings. The van der Waals surface area contributed by atoms with Crippen LogP contribution in [0, 0.1) is 35.5 Å². The molecule has 4 aliphatic rings. The first-order valence-corrected chi connectivity index (χ1v) is 7.31. The summed E-state index contributed by atoms with van der Waals surface area (Å²) in [5.74, 6) is 2.63. The smallest absolute Gasteiger partial charge is 0.150 e. The molecule has 0 unspecified atom stereocenters. The van der Waals surface area contributed by atoms with Gasteiger partial charge in [0.15, 0.2) is 11.6 Å². The molecule has 0 saturated heterocycles. The molecule has 0 amide bonds. The summed E-state index contributed by atoms with van der Waals surface area (Å²) >= 11 is 7.09. The molecule has 4 rings (SSSR count). The van der Waals surface area contributed by atoms with Gasteiger partial charge in [0, 0.05) is 11.8 Å². The molecule has 0 aromatic carbocycles. The first kappa shape index (κ1) is 9.34. The highest BCUT2D eigenvalue weighted by Gasteiger charge is 2.74. The Bertz CT molecular complexity index is 358. The van der Waals surface area contributed by atoms with Gasteiger partial charge in [-0.2, -0.15) is 0 Å². The van der Waals surface area contributed by atoms with Gasteiger partial charge in [0.05, 0.1) is 9.65 Å². The van der Waals surface area contributed by atoms with Gasteiger partial charge in [0.2, 0.25) is 0 Å². The molecule has 0 aliphatic heterocycles. The van der Waals surface area contributed by atoms with Crippen LogP contribution in [0.1, 0.15) is 6.42 Å². The summed E-state index contributed by atoms with van der Waals surface area (Å²) in [6, 6.07) is 0. The predicted octanol–water partition coefficient (Wildman–Crippen LogP) is 1.79. The third-order valence-corrected chi connectivity index (χ3v) is 7.29. The van der Waals surface area contributed by atoms with Crippen molar-refractivity contribution in [3.63, 3.8) is 0 Å². The number of alkyl halides is 2. The quantitative estimate of drug-likeness (QED) is 0.633. The number of rotatable bonds is 0. The third kappa shape index (κ3) is 0.791. The van der Waals surface area contributed by atoms with Crippen LogP contribution < -0.4 is 0 Å². The number of halogens is 2. The zero-order chi connectivity index (χ0) is 10.5. The van der Waals surface area contributed by atoms with E-state index in [1.807, 2.05) is 0 Å². The minimum atomic E-state index is 0.0284. The van der Waals surface area contributed by atoms with Crippen molar-refractivity contribution in [3.8, 4) is 0 Å². The lowest BCUT2D eigenvalue weighted by Crippen LogP contribution is -2.29. The minimum Gasteiger partial charge on any atom is -0.298 e. The van der Waals surface area contributed by atoms with E-state index in [4.69, 9.17) is 0 Å². The van der Waals surface area contributed by atoms with Crippen molar-refractivity contribution in [3.05, 3.63) is 0 Å². The van der Waals surface area contributed by atoms with Crippen LogP contribution in [0.15, 0.2) is 0 Å². The summed E-state index contributed by atoms with van der Waals surface area (Å²) in [7, 11) is 0. The summed E-state index contributed by atoms with van der Waals surface area (Å²) < 4.78 is 0. The number of ketones is 2. The highest BCUT2D eigenvalue weighted by atomic mass is 79.9. The van der Waals surface area contributed by atoms with Crippen molar-refractivity contribution >= 4 is 43.4 Å². The average Bonchev–Trinajstić information content (AvgIpc) is 2.85. The van der Waals surface area contributed by atoms with E-state index in [-0.39, 0.29) is 21.5 Å². The van der Waals surface area contributed by atoms with E-state index in [0.717, 1.165) is 6.42 Å². The maximum Gasteiger partial charge on any atom is 0.150 e. The normalized spacial score (nSPS) is 64.7. The molecule has 8 atom stereocenters. The highest BCUT2D eigenvalue weighted by molar-refractivity contribution is 9.10. The number of Topliss-reactive ketones (excluding diaryl/α,β-unsaturated/α-hetero) is 2. The van der Waals surface area contributed by atoms with Gasteiger partial charge in [-0.25, -0.2) is 0 Å². The molecule has 2 nitrogen and oxygen atoms in total. The van der Waals surface area contributed by atoms with Crippen molar-refractivity contribution < 1.29 is 9.59 Å². The van der Waals surface area contributed by atoms with Gasteiger partial charge >= 0.3 is 0 Å². The maximum absolute atomic E-state index is 12.1. The second-order valence-corrected chi connectivity index (χ2v) is 7.35. The van der Waals surface area contributed by atoms with E-state index in [2.05, 4.69) is 31.9 Å². The summed E-state index contributed by atoms with van der Waals surface area (Å²) in [5.41, 5.74) is 0. The van der Waals surface area contributed by atoms with Crippen LogP contribution in [-0.2, 0) is 9.59 Å². The molecule has 0 heterocycles. The van der Waals surface area contributed by atoms with Crippen LogP contribution in [-0.4, -0.2) is 21.2 Å². The van der Waals surface area contributed by atoms with E-state index >= 15 is 0 Å². The molecule has 0 aromatic heterocycles. The summed E-state index contributed by atoms with van der Waals surface area (Å²) in [4.78, 5) is 24.2. The second kappa shape index (κ2) is 2.58. The highest BCUT2D eigenvalue weighted by Crippen LogP contribution is 2.70. The van der Waals surface area contributed by atoms with Crippen molar-refractivity contribution in [1.82, 2.24) is 0 Å². The molecule has 0 spiro atoms. The number of hydrogen-bond donors (Lipinski definition) is 0. The standard InChI is InChI=1S/C11H10Br2O2/c12-8-4-2-1-3-5(4)9(13)11(15)7(3)6(2)10(8)14/h2-9H,1H2/t2-,3-,4+,5+,6-,7+,8-,9-/m1/s1. The Balaban J connectivity index is 1.93. The Morgan fingerprint density at radius 2 is 1.27 bits per heavy atom. The fraction of sp³-hybridized carbons (Fsp3) is 0.818. The zero-order valence-electron chi connectivity index (χ0n) is 7.90. The topological polar surface area (TPSA) is 34.1 Å². The molecule has 0 N–H and O–H groups in total. The Kier molecular flexibility index (Phi) is 1.61. The van der Waals surface area contributed by atoms with Crippen molar-refractivity contribution in [2.45, 2.75) is 16.1 Å². The maximum atomic E-state index is 12.1. The Labute approximate surface area is 104 Å². The fourth-order valence-electron chi connectivity index (χ4n) is 4.85. The number of hydrogen-bond acceptors (Lipinski definition) is 2. The van der Waals surface area contributed by atoms with Crippen molar-refractivity contribution in [1.29, 1.82) is 0 Å². The minimum absolute atomic E-state index is 0.0284. The van der Waals surface area contributed by atoms with E-state index in [9.17, 15) is 9.59 Å². The zero-order valence-corrected chi connectivity index (χ0v) is 11.1. The lowest BCUT2D eigenvalue weighted by atomic mass is 9.79. The average molecular weight is 334 g/mol. The van der Waals surface area contributed by atoms with E-state index in [0.29, 0.717) is 35.2 Å². The lowest BCUT2D eigenvalue weighted by molar-refractivity contribution is -0.128. The van der Waals surface area contributed by atoms with Gasteiger partial charge in [-0.15, -0.1) is 0 Å². The largest absolute Gasteiger partial charge is 0.298 e. The molecular formula is C11H10Br2O2. The molecule has 4 aliphatic carbocycles. The Morgan fingerprint density at radius 3 is 1.67 bits per heavy atom. The van der Waals surface area contributed by atoms with Gasteiger partial charge in [-0.05, 0) is 30.1 Å². The number of carbonyl (C=O) groups is 2. The first-order chi connectivity index (χ1) is 7.13. The van der Waals surface area contributed by atoms with Crippen LogP contribution in [0.5, 0.6) is 0 Å². The van der Waals surface area contributed by atoms with Crippen molar-refractivity contribution in [2.24, 2.45) is 35.5 Å². The van der Waals surface area contributed by atoms with Crippen LogP contribution >= 0.6 is 31.9 Å². The third-order valence-electron chi connectivity index (χ3n) is 5.16. The molecule has 0 aromatic rings. The van der Waals surface area contributed by atoms with Gasteiger partial charge in [-0.1, -0.05) is 31.9 Å². The summed E-state index contributed by atoms with van der Waals surface area (Å²) in [5, 5.41) is 0. The Hall–Kier alpha value is 0.300. The molecule has 0 radical (unpaired) electrons. The van der Waals surface area contributed by atoms with Crippen LogP contribution in [0.25, 0.3) is 0 Å². The molecule has 15 heavy (non-hydrogen) atoms. The van der Waals surface area contributed by atoms with Gasteiger partial charge in [0.25, 0.3) is 0 Å². The van der Waals surface area contributed by atoms with Crippen LogP contribution in [0.2, 0.25) is 0 Å². The van der Waals surface area contributed by atoms with E-state index < -0.39 is 0 Å². The van der Waals surface area contributed by atoms with Crippen LogP contribution in [0.3, 0.4) is 0 Å². The molecular weight excluding hydrogens is 324 g/mol. The monoisotopic (exact) mass is 332 g/mol. The van der Waals surface area contributed by atoms with Gasteiger partial charge < -0.3 is 0 Å². The van der Waals surface area contributed by atoms with Crippen molar-refractivity contribution in [2.75, 3.05) is 0 Å². The Morgan fingerprint density at radius 1 is 0.867 bits per heavy atom. The molecule has 80 valence electrons. The number of fused-ring (bicyclic) bond motifs is 2. The molecule has 4 heteroatoms. The van der Waals surface area contributed by atoms with Gasteiger partial charge in [-0.3, -0.25) is 9.59 Å². The predicted molar refractivity (Wildman–Crippen MR) is 61.0 cm³/mol. The van der Waals surface area contributed by atoms with Crippen LogP contribution in [0.4, 0.5) is 0 Å². The molecule has 2 bridgehead atoms. The second-order valence-electron chi connectivity index (χ2n) is 5.38. The molecule has 4 saturated carbocycles. The van der Waals surface area contributed by atoms with E-state index in [1.54, 1.807) is 0 Å². The SMILES string of the molecule is O=C1[C@@H]2[C@@H]3C[C@H]4[C@@H]2C(=O)[C@H](Br)[C@@H]4[C@H]3[C@H]1Br.